The van der Waals surface area contributed by atoms with Gasteiger partial charge in [0.25, 0.3) is 0 Å². The minimum absolute atomic E-state index is 0.897. The maximum atomic E-state index is 6.10. The quantitative estimate of drug-likeness (QED) is 0.163. The molecule has 4 nitrogen and oxygen atoms in total. The standard InChI is InChI=1S/C42H35N3O/c1-2-3-4-5-12-24-44-36-18-9-6-14-29(36)32-26-33-30-15-7-10-19-37(30)45(39(33)27-38(32)44)42-21-13-17-35(43-42)28-22-23-41-34(25-28)31-16-8-11-20-40(31)46-41/h6-11,13-23,25-27H,2-5,12,24H2,1H3. The Balaban J connectivity index is 1.23. The minimum atomic E-state index is 0.897. The van der Waals surface area contributed by atoms with Gasteiger partial charge in [0.2, 0.25) is 0 Å². The van der Waals surface area contributed by atoms with E-state index in [2.05, 4.69) is 125 Å². The van der Waals surface area contributed by atoms with Gasteiger partial charge >= 0.3 is 0 Å². The Hall–Kier alpha value is -5.35. The average molecular weight is 598 g/mol. The van der Waals surface area contributed by atoms with Crippen molar-refractivity contribution in [3.8, 4) is 17.1 Å². The molecule has 0 saturated carbocycles. The number of aryl methyl sites for hydroxylation is 1. The van der Waals surface area contributed by atoms with E-state index in [0.29, 0.717) is 0 Å². The van der Waals surface area contributed by atoms with Gasteiger partial charge in [-0.05, 0) is 67.1 Å². The van der Waals surface area contributed by atoms with Crippen molar-refractivity contribution in [2.24, 2.45) is 0 Å². The predicted octanol–water partition coefficient (Wildman–Crippen LogP) is 11.8. The molecule has 0 amide bonds. The highest BCUT2D eigenvalue weighted by atomic mass is 16.3. The van der Waals surface area contributed by atoms with Gasteiger partial charge in [-0.1, -0.05) is 93.3 Å². The maximum Gasteiger partial charge on any atom is 0.138 e. The summed E-state index contributed by atoms with van der Waals surface area (Å²) in [6.07, 6.45) is 6.34. The van der Waals surface area contributed by atoms with Crippen LogP contribution in [0.3, 0.4) is 0 Å². The number of pyridine rings is 1. The number of benzene rings is 5. The monoisotopic (exact) mass is 597 g/mol. The van der Waals surface area contributed by atoms with Gasteiger partial charge in [0.05, 0.1) is 22.2 Å². The molecule has 4 heterocycles. The second kappa shape index (κ2) is 10.9. The molecule has 0 aliphatic carbocycles. The Morgan fingerprint density at radius 2 is 1.24 bits per heavy atom. The molecule has 4 aromatic heterocycles. The number of nitrogens with zero attached hydrogens (tertiary/aromatic N) is 3. The average Bonchev–Trinajstić information content (AvgIpc) is 3.74. The summed E-state index contributed by atoms with van der Waals surface area (Å²) in [6.45, 7) is 3.31. The third kappa shape index (κ3) is 4.24. The van der Waals surface area contributed by atoms with Crippen LogP contribution in [0.5, 0.6) is 0 Å². The van der Waals surface area contributed by atoms with E-state index in [1.807, 2.05) is 12.1 Å². The second-order valence-electron chi connectivity index (χ2n) is 12.5. The molecular weight excluding hydrogens is 562 g/mol. The molecule has 0 bridgehead atoms. The van der Waals surface area contributed by atoms with E-state index in [9.17, 15) is 0 Å². The maximum absolute atomic E-state index is 6.10. The van der Waals surface area contributed by atoms with Crippen molar-refractivity contribution >= 4 is 65.6 Å². The summed E-state index contributed by atoms with van der Waals surface area (Å²) >= 11 is 0. The van der Waals surface area contributed by atoms with Crippen LogP contribution < -0.4 is 0 Å². The van der Waals surface area contributed by atoms with Crippen LogP contribution in [0.15, 0.2) is 126 Å². The number of furan rings is 1. The fourth-order valence-corrected chi connectivity index (χ4v) is 7.46. The van der Waals surface area contributed by atoms with Gasteiger partial charge in [0, 0.05) is 49.9 Å². The normalized spacial score (nSPS) is 12.1. The van der Waals surface area contributed by atoms with E-state index in [-0.39, 0.29) is 0 Å². The fourth-order valence-electron chi connectivity index (χ4n) is 7.46. The van der Waals surface area contributed by atoms with Crippen molar-refractivity contribution in [1.82, 2.24) is 14.1 Å². The first-order valence-corrected chi connectivity index (χ1v) is 16.6. The summed E-state index contributed by atoms with van der Waals surface area (Å²) in [5.74, 6) is 0.919. The molecule has 224 valence electrons. The van der Waals surface area contributed by atoms with Crippen molar-refractivity contribution < 1.29 is 4.42 Å². The SMILES string of the molecule is CCCCCCCn1c2ccccc2c2cc3c4ccccc4n(-c4cccc(-c5ccc6oc7ccccc7c6c5)n4)c3cc21. The summed E-state index contributed by atoms with van der Waals surface area (Å²) in [5, 5.41) is 7.39. The molecule has 0 unspecified atom stereocenters. The molecule has 0 radical (unpaired) electrons. The molecule has 0 N–H and O–H groups in total. The number of hydrogen-bond donors (Lipinski definition) is 0. The third-order valence-electron chi connectivity index (χ3n) is 9.69. The van der Waals surface area contributed by atoms with Crippen LogP contribution in [-0.4, -0.2) is 14.1 Å². The van der Waals surface area contributed by atoms with Gasteiger partial charge in [-0.15, -0.1) is 0 Å². The first-order chi connectivity index (χ1) is 22.8. The Labute approximate surface area is 267 Å². The predicted molar refractivity (Wildman–Crippen MR) is 193 cm³/mol. The van der Waals surface area contributed by atoms with Gasteiger partial charge in [-0.2, -0.15) is 0 Å². The van der Waals surface area contributed by atoms with Gasteiger partial charge in [-0.3, -0.25) is 4.57 Å². The summed E-state index contributed by atoms with van der Waals surface area (Å²) in [4.78, 5) is 5.31. The lowest BCUT2D eigenvalue weighted by Crippen LogP contribution is -2.00. The Kier molecular flexibility index (Phi) is 6.41. The van der Waals surface area contributed by atoms with Crippen LogP contribution >= 0.6 is 0 Å². The first-order valence-electron chi connectivity index (χ1n) is 16.6. The van der Waals surface area contributed by atoms with Crippen molar-refractivity contribution in [1.29, 1.82) is 0 Å². The van der Waals surface area contributed by atoms with Crippen molar-refractivity contribution in [3.05, 3.63) is 121 Å². The van der Waals surface area contributed by atoms with Crippen molar-refractivity contribution in [2.75, 3.05) is 0 Å². The van der Waals surface area contributed by atoms with Crippen LogP contribution in [0.25, 0.3) is 82.6 Å². The molecule has 5 aromatic carbocycles. The van der Waals surface area contributed by atoms with Crippen LogP contribution in [-0.2, 0) is 6.54 Å². The molecule has 9 aromatic rings. The lowest BCUT2D eigenvalue weighted by Gasteiger charge is -2.11. The lowest BCUT2D eigenvalue weighted by molar-refractivity contribution is 0.584. The Morgan fingerprint density at radius 3 is 2.11 bits per heavy atom. The number of para-hydroxylation sites is 3. The molecule has 0 atom stereocenters. The third-order valence-corrected chi connectivity index (χ3v) is 9.69. The Bertz CT molecular complexity index is 2560. The van der Waals surface area contributed by atoms with Gasteiger partial charge < -0.3 is 8.98 Å². The molecule has 0 spiro atoms. The highest BCUT2D eigenvalue weighted by Gasteiger charge is 2.18. The van der Waals surface area contributed by atoms with Crippen LogP contribution in [0.1, 0.15) is 39.0 Å². The Morgan fingerprint density at radius 1 is 0.522 bits per heavy atom. The number of fused-ring (bicyclic) bond motifs is 9. The zero-order chi connectivity index (χ0) is 30.6. The van der Waals surface area contributed by atoms with Gasteiger partial charge in [0.15, 0.2) is 0 Å². The largest absolute Gasteiger partial charge is 0.456 e. The second-order valence-corrected chi connectivity index (χ2v) is 12.5. The van der Waals surface area contributed by atoms with E-state index < -0.39 is 0 Å². The van der Waals surface area contributed by atoms with Crippen molar-refractivity contribution in [2.45, 2.75) is 45.6 Å². The number of rotatable bonds is 8. The highest BCUT2D eigenvalue weighted by molar-refractivity contribution is 6.18. The summed E-state index contributed by atoms with van der Waals surface area (Å²) in [5.41, 5.74) is 8.79. The molecule has 0 fully saturated rings. The topological polar surface area (TPSA) is 35.9 Å². The van der Waals surface area contributed by atoms with Crippen molar-refractivity contribution in [3.63, 3.8) is 0 Å². The van der Waals surface area contributed by atoms with Gasteiger partial charge in [-0.25, -0.2) is 4.98 Å². The van der Waals surface area contributed by atoms with E-state index >= 15 is 0 Å². The van der Waals surface area contributed by atoms with E-state index in [0.717, 1.165) is 45.6 Å². The molecular formula is C42H35N3O. The molecule has 46 heavy (non-hydrogen) atoms. The van der Waals surface area contributed by atoms with E-state index in [1.54, 1.807) is 0 Å². The molecule has 9 rings (SSSR count). The zero-order valence-corrected chi connectivity index (χ0v) is 26.0. The van der Waals surface area contributed by atoms with E-state index in [1.165, 1.54) is 75.7 Å². The summed E-state index contributed by atoms with van der Waals surface area (Å²) in [7, 11) is 0. The number of aromatic nitrogens is 3. The number of hydrogen-bond acceptors (Lipinski definition) is 2. The van der Waals surface area contributed by atoms with Crippen LogP contribution in [0.4, 0.5) is 0 Å². The van der Waals surface area contributed by atoms with Gasteiger partial charge in [0.1, 0.15) is 17.0 Å². The first kappa shape index (κ1) is 27.0. The zero-order valence-electron chi connectivity index (χ0n) is 26.0. The smallest absolute Gasteiger partial charge is 0.138 e. The van der Waals surface area contributed by atoms with Crippen LogP contribution in [0.2, 0.25) is 0 Å². The molecule has 0 aliphatic rings. The minimum Gasteiger partial charge on any atom is -0.456 e. The molecule has 0 saturated heterocycles. The van der Waals surface area contributed by atoms with Crippen LogP contribution in [0, 0.1) is 0 Å². The molecule has 0 aliphatic heterocycles. The fraction of sp³-hybridized carbons (Fsp3) is 0.167. The number of unbranched alkanes of at least 4 members (excludes halogenated alkanes) is 4. The van der Waals surface area contributed by atoms with E-state index in [4.69, 9.17) is 9.40 Å². The molecule has 4 heteroatoms. The summed E-state index contributed by atoms with van der Waals surface area (Å²) in [6, 6.07) is 43.5. The highest BCUT2D eigenvalue weighted by Crippen LogP contribution is 2.39. The lowest BCUT2D eigenvalue weighted by atomic mass is 10.1. The summed E-state index contributed by atoms with van der Waals surface area (Å²) < 4.78 is 11.0.